The van der Waals surface area contributed by atoms with Gasteiger partial charge in [0.1, 0.15) is 12.4 Å². The number of nitrogens with zero attached hydrogens (tertiary/aromatic N) is 1. The first-order valence-electron chi connectivity index (χ1n) is 7.72. The van der Waals surface area contributed by atoms with Crippen LogP contribution in [0.15, 0.2) is 54.6 Å². The maximum absolute atomic E-state index is 5.80. The van der Waals surface area contributed by atoms with Gasteiger partial charge in [0.15, 0.2) is 0 Å². The molecule has 2 nitrogen and oxygen atoms in total. The summed E-state index contributed by atoms with van der Waals surface area (Å²) in [5.74, 6) is 0.929. The molecule has 0 heterocycles. The molecular weight excluding hydrogens is 258 g/mol. The summed E-state index contributed by atoms with van der Waals surface area (Å²) in [6.07, 6.45) is 2.51. The van der Waals surface area contributed by atoms with Crippen LogP contribution in [0.25, 0.3) is 0 Å². The zero-order valence-electron chi connectivity index (χ0n) is 13.1. The Balaban J connectivity index is 1.81. The van der Waals surface area contributed by atoms with E-state index in [0.29, 0.717) is 6.61 Å². The zero-order chi connectivity index (χ0) is 14.9. The highest BCUT2D eigenvalue weighted by atomic mass is 16.5. The first-order valence-corrected chi connectivity index (χ1v) is 7.72. The molecule has 0 fully saturated rings. The van der Waals surface area contributed by atoms with Gasteiger partial charge in [0.25, 0.3) is 0 Å². The SMILES string of the molecule is CCCCN(C)Cc1ccc(OCc2ccccc2)cc1. The fraction of sp³-hybridized carbons (Fsp3) is 0.368. The summed E-state index contributed by atoms with van der Waals surface area (Å²) < 4.78 is 5.80. The molecule has 2 heteroatoms. The van der Waals surface area contributed by atoms with Crippen LogP contribution in [-0.2, 0) is 13.2 Å². The van der Waals surface area contributed by atoms with Crippen molar-refractivity contribution in [2.45, 2.75) is 32.9 Å². The van der Waals surface area contributed by atoms with E-state index in [1.807, 2.05) is 18.2 Å². The van der Waals surface area contributed by atoms with Crippen LogP contribution < -0.4 is 4.74 Å². The quantitative estimate of drug-likeness (QED) is 0.707. The molecule has 0 N–H and O–H groups in total. The Labute approximate surface area is 128 Å². The summed E-state index contributed by atoms with van der Waals surface area (Å²) in [4.78, 5) is 2.36. The number of unbranched alkanes of at least 4 members (excludes halogenated alkanes) is 1. The van der Waals surface area contributed by atoms with Crippen molar-refractivity contribution >= 4 is 0 Å². The molecule has 0 aromatic heterocycles. The predicted octanol–water partition coefficient (Wildman–Crippen LogP) is 4.50. The first-order chi connectivity index (χ1) is 10.3. The number of benzene rings is 2. The molecule has 0 aliphatic heterocycles. The largest absolute Gasteiger partial charge is 0.489 e. The van der Waals surface area contributed by atoms with Gasteiger partial charge in [-0.25, -0.2) is 0 Å². The highest BCUT2D eigenvalue weighted by molar-refractivity contribution is 5.27. The second kappa shape index (κ2) is 8.48. The van der Waals surface area contributed by atoms with Crippen LogP contribution >= 0.6 is 0 Å². The maximum atomic E-state index is 5.80. The van der Waals surface area contributed by atoms with Gasteiger partial charge >= 0.3 is 0 Å². The molecule has 0 saturated carbocycles. The third-order valence-corrected chi connectivity index (χ3v) is 3.52. The Morgan fingerprint density at radius 3 is 2.29 bits per heavy atom. The molecule has 2 aromatic rings. The molecule has 2 aromatic carbocycles. The molecule has 0 aliphatic rings. The van der Waals surface area contributed by atoms with Gasteiger partial charge in [0, 0.05) is 6.54 Å². The van der Waals surface area contributed by atoms with E-state index in [2.05, 4.69) is 55.3 Å². The standard InChI is InChI=1S/C19H25NO/c1-3-4-14-20(2)15-17-10-12-19(13-11-17)21-16-18-8-6-5-7-9-18/h5-13H,3-4,14-16H2,1-2H3. The van der Waals surface area contributed by atoms with Crippen LogP contribution in [-0.4, -0.2) is 18.5 Å². The van der Waals surface area contributed by atoms with Crippen molar-refractivity contribution in [2.75, 3.05) is 13.6 Å². The minimum Gasteiger partial charge on any atom is -0.489 e. The third kappa shape index (κ3) is 5.60. The van der Waals surface area contributed by atoms with E-state index in [4.69, 9.17) is 4.74 Å². The lowest BCUT2D eigenvalue weighted by atomic mass is 10.2. The Hall–Kier alpha value is -1.80. The van der Waals surface area contributed by atoms with Crippen LogP contribution in [0.2, 0.25) is 0 Å². The summed E-state index contributed by atoms with van der Waals surface area (Å²) >= 11 is 0. The Bertz CT molecular complexity index is 507. The maximum Gasteiger partial charge on any atom is 0.119 e. The lowest BCUT2D eigenvalue weighted by Gasteiger charge is -2.16. The normalized spacial score (nSPS) is 10.8. The Kier molecular flexibility index (Phi) is 6.29. The average Bonchev–Trinajstić information content (AvgIpc) is 2.53. The minimum absolute atomic E-state index is 0.622. The zero-order valence-corrected chi connectivity index (χ0v) is 13.1. The smallest absolute Gasteiger partial charge is 0.119 e. The number of hydrogen-bond donors (Lipinski definition) is 0. The monoisotopic (exact) mass is 283 g/mol. The molecule has 0 aliphatic carbocycles. The predicted molar refractivity (Wildman–Crippen MR) is 88.5 cm³/mol. The van der Waals surface area contributed by atoms with Crippen molar-refractivity contribution in [2.24, 2.45) is 0 Å². The highest BCUT2D eigenvalue weighted by Crippen LogP contribution is 2.15. The third-order valence-electron chi connectivity index (χ3n) is 3.52. The van der Waals surface area contributed by atoms with Gasteiger partial charge in [0.2, 0.25) is 0 Å². The summed E-state index contributed by atoms with van der Waals surface area (Å²) in [7, 11) is 2.18. The average molecular weight is 283 g/mol. The topological polar surface area (TPSA) is 12.5 Å². The lowest BCUT2D eigenvalue weighted by molar-refractivity contribution is 0.304. The molecule has 0 saturated heterocycles. The van der Waals surface area contributed by atoms with Gasteiger partial charge < -0.3 is 9.64 Å². The molecule has 0 radical (unpaired) electrons. The fourth-order valence-electron chi connectivity index (χ4n) is 2.25. The van der Waals surface area contributed by atoms with Gasteiger partial charge in [-0.15, -0.1) is 0 Å². The molecule has 2 rings (SSSR count). The summed E-state index contributed by atoms with van der Waals surface area (Å²) in [6.45, 7) is 5.00. The second-order valence-corrected chi connectivity index (χ2v) is 5.51. The molecule has 0 amide bonds. The highest BCUT2D eigenvalue weighted by Gasteiger charge is 2.01. The molecule has 0 atom stereocenters. The van der Waals surface area contributed by atoms with Crippen LogP contribution in [0.4, 0.5) is 0 Å². The van der Waals surface area contributed by atoms with Gasteiger partial charge in [0.05, 0.1) is 0 Å². The van der Waals surface area contributed by atoms with E-state index < -0.39 is 0 Å². The molecule has 0 spiro atoms. The summed E-state index contributed by atoms with van der Waals surface area (Å²) in [5.41, 5.74) is 2.53. The van der Waals surface area contributed by atoms with E-state index in [9.17, 15) is 0 Å². The Morgan fingerprint density at radius 1 is 0.905 bits per heavy atom. The van der Waals surface area contributed by atoms with Crippen molar-refractivity contribution in [3.05, 3.63) is 65.7 Å². The summed E-state index contributed by atoms with van der Waals surface area (Å²) in [5, 5.41) is 0. The van der Waals surface area contributed by atoms with Crippen molar-refractivity contribution < 1.29 is 4.74 Å². The van der Waals surface area contributed by atoms with Crippen LogP contribution in [0.1, 0.15) is 30.9 Å². The van der Waals surface area contributed by atoms with Crippen LogP contribution in [0, 0.1) is 0 Å². The van der Waals surface area contributed by atoms with E-state index in [1.165, 1.54) is 24.0 Å². The number of rotatable bonds is 8. The van der Waals surface area contributed by atoms with E-state index in [1.54, 1.807) is 0 Å². The molecule has 21 heavy (non-hydrogen) atoms. The Morgan fingerprint density at radius 2 is 1.62 bits per heavy atom. The first kappa shape index (κ1) is 15.6. The van der Waals surface area contributed by atoms with Gasteiger partial charge in [-0.2, -0.15) is 0 Å². The van der Waals surface area contributed by atoms with Gasteiger partial charge in [-0.1, -0.05) is 55.8 Å². The van der Waals surface area contributed by atoms with E-state index in [-0.39, 0.29) is 0 Å². The van der Waals surface area contributed by atoms with Crippen LogP contribution in [0.5, 0.6) is 5.75 Å². The fourth-order valence-corrected chi connectivity index (χ4v) is 2.25. The van der Waals surface area contributed by atoms with Crippen LogP contribution in [0.3, 0.4) is 0 Å². The minimum atomic E-state index is 0.622. The van der Waals surface area contributed by atoms with E-state index in [0.717, 1.165) is 18.8 Å². The summed E-state index contributed by atoms with van der Waals surface area (Å²) in [6, 6.07) is 18.7. The number of hydrogen-bond acceptors (Lipinski definition) is 2. The van der Waals surface area contributed by atoms with Gasteiger partial charge in [-0.05, 0) is 43.3 Å². The van der Waals surface area contributed by atoms with Crippen molar-refractivity contribution in [3.8, 4) is 5.75 Å². The molecule has 0 unspecified atom stereocenters. The number of ether oxygens (including phenoxy) is 1. The van der Waals surface area contributed by atoms with Crippen molar-refractivity contribution in [1.29, 1.82) is 0 Å². The molecular formula is C19H25NO. The lowest BCUT2D eigenvalue weighted by Crippen LogP contribution is -2.18. The van der Waals surface area contributed by atoms with Gasteiger partial charge in [-0.3, -0.25) is 0 Å². The van der Waals surface area contributed by atoms with Crippen molar-refractivity contribution in [3.63, 3.8) is 0 Å². The molecule has 112 valence electrons. The second-order valence-electron chi connectivity index (χ2n) is 5.51. The van der Waals surface area contributed by atoms with Crippen molar-refractivity contribution in [1.82, 2.24) is 4.90 Å². The molecule has 0 bridgehead atoms. The van der Waals surface area contributed by atoms with E-state index >= 15 is 0 Å².